The van der Waals surface area contributed by atoms with Gasteiger partial charge in [0.15, 0.2) is 0 Å². The number of aryl methyl sites for hydroxylation is 2. The van der Waals surface area contributed by atoms with Crippen LogP contribution in [0.25, 0.3) is 22.0 Å². The Morgan fingerprint density at radius 1 is 1.20 bits per heavy atom. The van der Waals surface area contributed by atoms with Crippen LogP contribution >= 0.6 is 0 Å². The summed E-state index contributed by atoms with van der Waals surface area (Å²) in [5, 5.41) is 4.08. The molecule has 1 aliphatic heterocycles. The number of fused-ring (bicyclic) bond motifs is 2. The molecule has 1 aromatic heterocycles. The lowest BCUT2D eigenvalue weighted by molar-refractivity contribution is 0.100. The topological polar surface area (TPSA) is 70.9 Å². The van der Waals surface area contributed by atoms with Gasteiger partial charge >= 0.3 is 0 Å². The molecule has 5 heteroatoms. The first kappa shape index (κ1) is 15.8. The highest BCUT2D eigenvalue weighted by Gasteiger charge is 2.21. The van der Waals surface area contributed by atoms with E-state index in [9.17, 15) is 4.79 Å². The summed E-state index contributed by atoms with van der Waals surface area (Å²) in [6, 6.07) is 7.33. The summed E-state index contributed by atoms with van der Waals surface area (Å²) in [4.78, 5) is 15.0. The zero-order valence-electron chi connectivity index (χ0n) is 14.3. The molecule has 0 saturated carbocycles. The molecule has 3 aromatic rings. The monoisotopic (exact) mass is 337 g/mol. The highest BCUT2D eigenvalue weighted by molar-refractivity contribution is 6.10. The molecule has 4 rings (SSSR count). The minimum absolute atomic E-state index is 0.187. The molecule has 0 aliphatic carbocycles. The van der Waals surface area contributed by atoms with Crippen LogP contribution in [0.5, 0.6) is 0 Å². The van der Waals surface area contributed by atoms with E-state index in [4.69, 9.17) is 5.73 Å². The number of hydrogen-bond donors (Lipinski definition) is 3. The molecule has 0 spiro atoms. The van der Waals surface area contributed by atoms with Crippen LogP contribution in [0, 0.1) is 19.7 Å². The Kier molecular flexibility index (Phi) is 3.62. The molecule has 128 valence electrons. The number of rotatable bonds is 2. The second-order valence-electron chi connectivity index (χ2n) is 6.68. The molecule has 4 N–H and O–H groups in total. The average Bonchev–Trinajstić information content (AvgIpc) is 2.89. The van der Waals surface area contributed by atoms with Crippen molar-refractivity contribution in [2.24, 2.45) is 5.73 Å². The van der Waals surface area contributed by atoms with E-state index >= 15 is 4.39 Å². The highest BCUT2D eigenvalue weighted by Crippen LogP contribution is 2.37. The van der Waals surface area contributed by atoms with Crippen LogP contribution in [0.1, 0.15) is 32.7 Å². The van der Waals surface area contributed by atoms with E-state index in [2.05, 4.69) is 16.4 Å². The molecule has 2 heterocycles. The zero-order valence-corrected chi connectivity index (χ0v) is 14.3. The predicted octanol–water partition coefficient (Wildman–Crippen LogP) is 3.34. The van der Waals surface area contributed by atoms with Crippen molar-refractivity contribution in [3.63, 3.8) is 0 Å². The van der Waals surface area contributed by atoms with E-state index in [1.54, 1.807) is 0 Å². The second-order valence-corrected chi connectivity index (χ2v) is 6.68. The molecule has 0 saturated heterocycles. The van der Waals surface area contributed by atoms with E-state index in [0.717, 1.165) is 41.7 Å². The van der Waals surface area contributed by atoms with Crippen molar-refractivity contribution in [1.29, 1.82) is 0 Å². The number of hydrogen-bond acceptors (Lipinski definition) is 2. The van der Waals surface area contributed by atoms with Crippen molar-refractivity contribution in [3.05, 3.63) is 58.0 Å². The van der Waals surface area contributed by atoms with Crippen molar-refractivity contribution in [2.45, 2.75) is 26.8 Å². The van der Waals surface area contributed by atoms with Crippen LogP contribution < -0.4 is 11.1 Å². The van der Waals surface area contributed by atoms with Gasteiger partial charge in [0.2, 0.25) is 0 Å². The first-order valence-electron chi connectivity index (χ1n) is 8.41. The molecule has 0 atom stereocenters. The predicted molar refractivity (Wildman–Crippen MR) is 97.1 cm³/mol. The Morgan fingerprint density at radius 2 is 2.00 bits per heavy atom. The van der Waals surface area contributed by atoms with Gasteiger partial charge in [-0.3, -0.25) is 4.79 Å². The number of carbonyl (C=O) groups excluding carboxylic acids is 1. The molecule has 0 fully saturated rings. The normalized spacial score (nSPS) is 13.9. The van der Waals surface area contributed by atoms with Crippen LogP contribution in [0.2, 0.25) is 0 Å². The van der Waals surface area contributed by atoms with Crippen molar-refractivity contribution in [2.75, 3.05) is 6.54 Å². The molecule has 0 bridgehead atoms. The van der Waals surface area contributed by atoms with E-state index in [-0.39, 0.29) is 5.56 Å². The Hall–Kier alpha value is -2.66. The number of aromatic nitrogens is 1. The molecule has 1 amide bonds. The fourth-order valence-corrected chi connectivity index (χ4v) is 3.74. The Bertz CT molecular complexity index is 1020. The standard InChI is InChI=1S/C20H20FN3O/c1-10-11(2)24-19-15(20(22)25)8-16(21)18(17(10)19)13-4-3-12-5-6-23-9-14(12)7-13/h3-4,7-8,23-24H,5-6,9H2,1-2H3,(H2,22,25). The minimum atomic E-state index is -0.633. The van der Waals surface area contributed by atoms with Gasteiger partial charge in [-0.05, 0) is 61.2 Å². The molecule has 0 unspecified atom stereocenters. The summed E-state index contributed by atoms with van der Waals surface area (Å²) in [7, 11) is 0. The van der Waals surface area contributed by atoms with Crippen LogP contribution in [0.3, 0.4) is 0 Å². The number of nitrogens with one attached hydrogen (secondary N) is 2. The van der Waals surface area contributed by atoms with Gasteiger partial charge in [-0.25, -0.2) is 4.39 Å². The number of primary amides is 1. The molecular formula is C20H20FN3O. The van der Waals surface area contributed by atoms with Crippen molar-refractivity contribution in [3.8, 4) is 11.1 Å². The molecule has 2 aromatic carbocycles. The van der Waals surface area contributed by atoms with Crippen LogP contribution in [0.15, 0.2) is 24.3 Å². The van der Waals surface area contributed by atoms with E-state index < -0.39 is 11.7 Å². The number of benzene rings is 2. The number of aromatic amines is 1. The summed E-state index contributed by atoms with van der Waals surface area (Å²) in [6.07, 6.45) is 0.983. The van der Waals surface area contributed by atoms with Gasteiger partial charge < -0.3 is 16.0 Å². The van der Waals surface area contributed by atoms with Gasteiger partial charge in [0.05, 0.1) is 11.1 Å². The molecule has 1 aliphatic rings. The number of carbonyl (C=O) groups is 1. The zero-order chi connectivity index (χ0) is 17.7. The van der Waals surface area contributed by atoms with Gasteiger partial charge in [0, 0.05) is 23.2 Å². The van der Waals surface area contributed by atoms with E-state index in [1.165, 1.54) is 17.2 Å². The highest BCUT2D eigenvalue weighted by atomic mass is 19.1. The van der Waals surface area contributed by atoms with Crippen LogP contribution in [-0.4, -0.2) is 17.4 Å². The lowest BCUT2D eigenvalue weighted by Gasteiger charge is -2.18. The van der Waals surface area contributed by atoms with Gasteiger partial charge in [0.1, 0.15) is 5.82 Å². The van der Waals surface area contributed by atoms with Gasteiger partial charge in [-0.2, -0.15) is 0 Å². The SMILES string of the molecule is Cc1[nH]c2c(C(N)=O)cc(F)c(-c3ccc4c(c3)CNCC4)c2c1C. The van der Waals surface area contributed by atoms with Gasteiger partial charge in [-0.1, -0.05) is 12.1 Å². The summed E-state index contributed by atoms with van der Waals surface area (Å²) in [5.41, 5.74) is 11.9. The fourth-order valence-electron chi connectivity index (χ4n) is 3.74. The number of H-pyrrole nitrogens is 1. The fraction of sp³-hybridized carbons (Fsp3) is 0.250. The third-order valence-corrected chi connectivity index (χ3v) is 5.18. The lowest BCUT2D eigenvalue weighted by Crippen LogP contribution is -2.23. The first-order chi connectivity index (χ1) is 12.0. The van der Waals surface area contributed by atoms with Crippen LogP contribution in [-0.2, 0) is 13.0 Å². The second kappa shape index (κ2) is 5.70. The quantitative estimate of drug-likeness (QED) is 0.671. The van der Waals surface area contributed by atoms with E-state index in [0.29, 0.717) is 11.1 Å². The Labute approximate surface area is 145 Å². The van der Waals surface area contributed by atoms with Crippen molar-refractivity contribution >= 4 is 16.8 Å². The van der Waals surface area contributed by atoms with Gasteiger partial charge in [0.25, 0.3) is 5.91 Å². The molecule has 4 nitrogen and oxygen atoms in total. The summed E-state index contributed by atoms with van der Waals surface area (Å²) in [6.45, 7) is 5.60. The van der Waals surface area contributed by atoms with Crippen molar-refractivity contribution in [1.82, 2.24) is 10.3 Å². The number of nitrogens with two attached hydrogens (primary N) is 1. The summed E-state index contributed by atoms with van der Waals surface area (Å²) >= 11 is 0. The van der Waals surface area contributed by atoms with E-state index in [1.807, 2.05) is 26.0 Å². The molecule has 0 radical (unpaired) electrons. The maximum Gasteiger partial charge on any atom is 0.250 e. The van der Waals surface area contributed by atoms with Crippen molar-refractivity contribution < 1.29 is 9.18 Å². The third kappa shape index (κ3) is 2.43. The van der Waals surface area contributed by atoms with Gasteiger partial charge in [-0.15, -0.1) is 0 Å². The third-order valence-electron chi connectivity index (χ3n) is 5.18. The molecule has 25 heavy (non-hydrogen) atoms. The smallest absolute Gasteiger partial charge is 0.250 e. The lowest BCUT2D eigenvalue weighted by atomic mass is 9.91. The first-order valence-corrected chi connectivity index (χ1v) is 8.41. The number of halogens is 1. The average molecular weight is 337 g/mol. The Morgan fingerprint density at radius 3 is 2.76 bits per heavy atom. The maximum atomic E-state index is 15.0. The summed E-state index contributed by atoms with van der Waals surface area (Å²) in [5.74, 6) is -1.06. The largest absolute Gasteiger partial charge is 0.366 e. The maximum absolute atomic E-state index is 15.0. The van der Waals surface area contributed by atoms with Crippen LogP contribution in [0.4, 0.5) is 4.39 Å². The summed E-state index contributed by atoms with van der Waals surface area (Å²) < 4.78 is 15.0. The Balaban J connectivity index is 2.04. The molecular weight excluding hydrogens is 317 g/mol. The minimum Gasteiger partial charge on any atom is -0.366 e. The number of amides is 1.